The van der Waals surface area contributed by atoms with Crippen LogP contribution in [0.2, 0.25) is 0 Å². The van der Waals surface area contributed by atoms with E-state index in [4.69, 9.17) is 0 Å². The molecular formula is C12H24NO. The SMILES string of the molecule is CCC1(CC)CCC(CC)(CC)N1[O]. The van der Waals surface area contributed by atoms with Crippen molar-refractivity contribution < 1.29 is 5.21 Å². The van der Waals surface area contributed by atoms with Gasteiger partial charge in [-0.1, -0.05) is 27.7 Å². The molecule has 1 fully saturated rings. The molecule has 1 saturated heterocycles. The van der Waals surface area contributed by atoms with Gasteiger partial charge in [0.05, 0.1) is 0 Å². The van der Waals surface area contributed by atoms with Crippen LogP contribution in [0.5, 0.6) is 0 Å². The summed E-state index contributed by atoms with van der Waals surface area (Å²) in [6.07, 6.45) is 6.16. The van der Waals surface area contributed by atoms with Gasteiger partial charge >= 0.3 is 0 Å². The average Bonchev–Trinajstić information content (AvgIpc) is 2.53. The Hall–Kier alpha value is -0.0800. The molecule has 0 amide bonds. The normalized spacial score (nSPS) is 25.5. The van der Waals surface area contributed by atoms with E-state index in [1.54, 1.807) is 0 Å². The summed E-state index contributed by atoms with van der Waals surface area (Å²) in [5.41, 5.74) is -0.0992. The van der Waals surface area contributed by atoms with Crippen molar-refractivity contribution in [1.29, 1.82) is 0 Å². The van der Waals surface area contributed by atoms with Crippen LogP contribution in [0.1, 0.15) is 66.2 Å². The quantitative estimate of drug-likeness (QED) is 0.677. The molecule has 1 aliphatic rings. The molecule has 1 radical (unpaired) electrons. The molecule has 14 heavy (non-hydrogen) atoms. The predicted octanol–water partition coefficient (Wildman–Crippen LogP) is 3.55. The summed E-state index contributed by atoms with van der Waals surface area (Å²) in [4.78, 5) is 0. The van der Waals surface area contributed by atoms with E-state index in [9.17, 15) is 5.21 Å². The second-order valence-electron chi connectivity index (χ2n) is 4.66. The van der Waals surface area contributed by atoms with E-state index in [-0.39, 0.29) is 11.1 Å². The summed E-state index contributed by atoms with van der Waals surface area (Å²) in [6.45, 7) is 8.59. The maximum absolute atomic E-state index is 12.4. The number of nitrogens with zero attached hydrogens (tertiary/aromatic N) is 1. The number of hydroxylamine groups is 2. The van der Waals surface area contributed by atoms with Gasteiger partial charge in [-0.2, -0.15) is 0 Å². The largest absolute Gasteiger partial charge is 0.143 e. The molecule has 0 saturated carbocycles. The maximum atomic E-state index is 12.4. The Morgan fingerprint density at radius 3 is 1.29 bits per heavy atom. The summed E-state index contributed by atoms with van der Waals surface area (Å²) in [5.74, 6) is 0. The molecule has 0 N–H and O–H groups in total. The summed E-state index contributed by atoms with van der Waals surface area (Å²) >= 11 is 0. The summed E-state index contributed by atoms with van der Waals surface area (Å²) in [7, 11) is 0. The Morgan fingerprint density at radius 1 is 0.857 bits per heavy atom. The molecule has 0 aromatic carbocycles. The van der Waals surface area contributed by atoms with Crippen molar-refractivity contribution in [1.82, 2.24) is 5.06 Å². The van der Waals surface area contributed by atoms with Crippen molar-refractivity contribution >= 4 is 0 Å². The molecule has 0 bridgehead atoms. The van der Waals surface area contributed by atoms with E-state index < -0.39 is 0 Å². The number of rotatable bonds is 4. The van der Waals surface area contributed by atoms with Crippen LogP contribution in [-0.4, -0.2) is 16.1 Å². The fraction of sp³-hybridized carbons (Fsp3) is 1.00. The van der Waals surface area contributed by atoms with E-state index in [1.807, 2.05) is 0 Å². The first-order chi connectivity index (χ1) is 6.60. The van der Waals surface area contributed by atoms with Crippen LogP contribution in [0, 0.1) is 0 Å². The van der Waals surface area contributed by atoms with E-state index in [0.29, 0.717) is 0 Å². The second kappa shape index (κ2) is 4.19. The van der Waals surface area contributed by atoms with E-state index >= 15 is 0 Å². The monoisotopic (exact) mass is 198 g/mol. The van der Waals surface area contributed by atoms with Gasteiger partial charge in [0.25, 0.3) is 0 Å². The first-order valence-electron chi connectivity index (χ1n) is 6.08. The lowest BCUT2D eigenvalue weighted by atomic mass is 9.90. The van der Waals surface area contributed by atoms with Crippen molar-refractivity contribution in [2.75, 3.05) is 0 Å². The molecule has 0 spiro atoms. The number of hydrogen-bond acceptors (Lipinski definition) is 1. The molecule has 2 heteroatoms. The van der Waals surface area contributed by atoms with Gasteiger partial charge in [-0.15, -0.1) is 10.3 Å². The van der Waals surface area contributed by atoms with Gasteiger partial charge in [0.2, 0.25) is 0 Å². The Balaban J connectivity index is 2.90. The van der Waals surface area contributed by atoms with Crippen molar-refractivity contribution in [3.05, 3.63) is 0 Å². The summed E-state index contributed by atoms with van der Waals surface area (Å²) < 4.78 is 0. The highest BCUT2D eigenvalue weighted by atomic mass is 16.5. The Morgan fingerprint density at radius 2 is 1.14 bits per heavy atom. The average molecular weight is 198 g/mol. The Kier molecular flexibility index (Phi) is 3.59. The third-order valence-electron chi connectivity index (χ3n) is 4.55. The maximum Gasteiger partial charge on any atom is 0.0495 e. The lowest BCUT2D eigenvalue weighted by Crippen LogP contribution is -2.50. The molecule has 1 aliphatic heterocycles. The highest BCUT2D eigenvalue weighted by Crippen LogP contribution is 2.47. The van der Waals surface area contributed by atoms with Gasteiger partial charge in [-0.3, -0.25) is 0 Å². The zero-order chi connectivity index (χ0) is 10.8. The fourth-order valence-electron chi connectivity index (χ4n) is 2.95. The van der Waals surface area contributed by atoms with Gasteiger partial charge in [-0.05, 0) is 38.5 Å². The number of hydrogen-bond donors (Lipinski definition) is 0. The summed E-state index contributed by atoms with van der Waals surface area (Å²) in [6, 6.07) is 0. The summed E-state index contributed by atoms with van der Waals surface area (Å²) in [5, 5.41) is 13.8. The molecule has 0 aliphatic carbocycles. The zero-order valence-electron chi connectivity index (χ0n) is 10.1. The molecule has 0 aromatic heterocycles. The predicted molar refractivity (Wildman–Crippen MR) is 58.4 cm³/mol. The molecular weight excluding hydrogens is 174 g/mol. The fourth-order valence-corrected chi connectivity index (χ4v) is 2.95. The van der Waals surface area contributed by atoms with Crippen molar-refractivity contribution in [3.63, 3.8) is 0 Å². The third-order valence-corrected chi connectivity index (χ3v) is 4.55. The van der Waals surface area contributed by atoms with Gasteiger partial charge in [0, 0.05) is 11.1 Å². The third kappa shape index (κ3) is 1.49. The van der Waals surface area contributed by atoms with E-state index in [0.717, 1.165) is 38.5 Å². The minimum atomic E-state index is -0.0496. The Bertz CT molecular complexity index is 163. The zero-order valence-corrected chi connectivity index (χ0v) is 10.1. The minimum absolute atomic E-state index is 0.0496. The van der Waals surface area contributed by atoms with Gasteiger partial charge in [-0.25, -0.2) is 0 Å². The van der Waals surface area contributed by atoms with Crippen LogP contribution in [0.25, 0.3) is 0 Å². The van der Waals surface area contributed by atoms with Gasteiger partial charge in [0.1, 0.15) is 0 Å². The molecule has 1 rings (SSSR count). The highest BCUT2D eigenvalue weighted by molar-refractivity contribution is 5.02. The van der Waals surface area contributed by atoms with Crippen LogP contribution >= 0.6 is 0 Å². The van der Waals surface area contributed by atoms with Crippen LogP contribution in [0.3, 0.4) is 0 Å². The lowest BCUT2D eigenvalue weighted by molar-refractivity contribution is -0.264. The Labute approximate surface area is 88.3 Å². The second-order valence-corrected chi connectivity index (χ2v) is 4.66. The van der Waals surface area contributed by atoms with Crippen LogP contribution < -0.4 is 0 Å². The topological polar surface area (TPSA) is 23.1 Å². The van der Waals surface area contributed by atoms with Gasteiger partial charge < -0.3 is 0 Å². The molecule has 1 heterocycles. The lowest BCUT2D eigenvalue weighted by Gasteiger charge is -2.39. The van der Waals surface area contributed by atoms with Crippen LogP contribution in [-0.2, 0) is 5.21 Å². The first-order valence-corrected chi connectivity index (χ1v) is 6.08. The molecule has 0 aromatic rings. The van der Waals surface area contributed by atoms with Crippen molar-refractivity contribution in [2.24, 2.45) is 0 Å². The minimum Gasteiger partial charge on any atom is -0.143 e. The van der Waals surface area contributed by atoms with Crippen molar-refractivity contribution in [2.45, 2.75) is 77.3 Å². The van der Waals surface area contributed by atoms with Crippen LogP contribution in [0.4, 0.5) is 0 Å². The molecule has 0 atom stereocenters. The molecule has 83 valence electrons. The standard InChI is InChI=1S/C12H24NO/c1-5-11(6-2)9-10-12(7-3,8-4)13(11)14/h5-10H2,1-4H3. The highest BCUT2D eigenvalue weighted by Gasteiger charge is 2.52. The first kappa shape index (κ1) is 12.0. The molecule has 0 unspecified atom stereocenters. The molecule has 2 nitrogen and oxygen atoms in total. The van der Waals surface area contributed by atoms with Gasteiger partial charge in [0.15, 0.2) is 0 Å². The smallest absolute Gasteiger partial charge is 0.0495 e. The van der Waals surface area contributed by atoms with Crippen LogP contribution in [0.15, 0.2) is 0 Å². The van der Waals surface area contributed by atoms with E-state index in [1.165, 1.54) is 5.06 Å². The van der Waals surface area contributed by atoms with E-state index in [2.05, 4.69) is 27.7 Å². The van der Waals surface area contributed by atoms with Crippen molar-refractivity contribution in [3.8, 4) is 0 Å².